The highest BCUT2D eigenvalue weighted by Gasteiger charge is 2.22. The van der Waals surface area contributed by atoms with Crippen LogP contribution in [0.1, 0.15) is 18.4 Å². The van der Waals surface area contributed by atoms with Gasteiger partial charge in [-0.15, -0.1) is 5.10 Å². The molecule has 2 aromatic heterocycles. The van der Waals surface area contributed by atoms with Gasteiger partial charge in [-0.25, -0.2) is 14.5 Å². The molecule has 1 unspecified atom stereocenters. The molecule has 10 nitrogen and oxygen atoms in total. The number of amides is 2. The van der Waals surface area contributed by atoms with Crippen molar-refractivity contribution in [3.05, 3.63) is 48.7 Å². The minimum atomic E-state index is -0.233. The zero-order valence-corrected chi connectivity index (χ0v) is 15.5. The Morgan fingerprint density at radius 1 is 1.29 bits per heavy atom. The van der Waals surface area contributed by atoms with Gasteiger partial charge in [0.15, 0.2) is 0 Å². The van der Waals surface area contributed by atoms with Crippen molar-refractivity contribution in [2.45, 2.75) is 25.8 Å². The molecule has 144 valence electrons. The lowest BCUT2D eigenvalue weighted by Crippen LogP contribution is -2.49. The van der Waals surface area contributed by atoms with Crippen LogP contribution in [-0.4, -0.2) is 55.3 Å². The molecule has 3 heterocycles. The predicted molar refractivity (Wildman–Crippen MR) is 103 cm³/mol. The molecule has 3 aromatic rings. The van der Waals surface area contributed by atoms with Crippen LogP contribution < -0.4 is 15.5 Å². The summed E-state index contributed by atoms with van der Waals surface area (Å²) in [4.78, 5) is 23.2. The van der Waals surface area contributed by atoms with Crippen molar-refractivity contribution < 1.29 is 4.79 Å². The van der Waals surface area contributed by atoms with Crippen LogP contribution in [0.5, 0.6) is 0 Å². The number of urea groups is 1. The van der Waals surface area contributed by atoms with Crippen molar-refractivity contribution in [2.75, 3.05) is 23.3 Å². The highest BCUT2D eigenvalue weighted by Crippen LogP contribution is 2.20. The lowest BCUT2D eigenvalue weighted by Gasteiger charge is -2.33. The van der Waals surface area contributed by atoms with Gasteiger partial charge in [0.1, 0.15) is 12.1 Å². The predicted octanol–water partition coefficient (Wildman–Crippen LogP) is 1.55. The van der Waals surface area contributed by atoms with Gasteiger partial charge in [-0.3, -0.25) is 4.98 Å². The number of rotatable bonds is 4. The van der Waals surface area contributed by atoms with Crippen molar-refractivity contribution in [2.24, 2.45) is 0 Å². The highest BCUT2D eigenvalue weighted by molar-refractivity contribution is 5.90. The van der Waals surface area contributed by atoms with Gasteiger partial charge in [0.2, 0.25) is 0 Å². The summed E-state index contributed by atoms with van der Waals surface area (Å²) in [7, 11) is 0. The fourth-order valence-corrected chi connectivity index (χ4v) is 3.27. The molecular formula is C18H21N9O. The number of hydrogen-bond donors (Lipinski definition) is 2. The molecule has 1 aliphatic heterocycles. The molecule has 0 radical (unpaired) electrons. The molecule has 1 aliphatic rings. The normalized spacial score (nSPS) is 16.6. The minimum Gasteiger partial charge on any atom is -0.353 e. The summed E-state index contributed by atoms with van der Waals surface area (Å²) in [6.07, 6.45) is 8.50. The first-order chi connectivity index (χ1) is 13.7. The molecule has 0 bridgehead atoms. The van der Waals surface area contributed by atoms with E-state index in [-0.39, 0.29) is 12.1 Å². The quantitative estimate of drug-likeness (QED) is 0.707. The number of piperidine rings is 1. The van der Waals surface area contributed by atoms with Gasteiger partial charge < -0.3 is 15.5 Å². The van der Waals surface area contributed by atoms with Gasteiger partial charge in [-0.2, -0.15) is 0 Å². The zero-order chi connectivity index (χ0) is 19.3. The van der Waals surface area contributed by atoms with Crippen molar-refractivity contribution in [1.29, 1.82) is 0 Å². The topological polar surface area (TPSA) is 114 Å². The summed E-state index contributed by atoms with van der Waals surface area (Å²) < 4.78 is 1.54. The van der Waals surface area contributed by atoms with Gasteiger partial charge in [-0.1, -0.05) is 6.07 Å². The Morgan fingerprint density at radius 2 is 2.21 bits per heavy atom. The number of aromatic nitrogens is 6. The molecule has 4 rings (SSSR count). The van der Waals surface area contributed by atoms with Gasteiger partial charge in [0, 0.05) is 37.2 Å². The van der Waals surface area contributed by atoms with Crippen LogP contribution in [0.25, 0.3) is 5.69 Å². The van der Waals surface area contributed by atoms with Crippen LogP contribution >= 0.6 is 0 Å². The second-order valence-corrected chi connectivity index (χ2v) is 6.70. The Bertz CT molecular complexity index is 929. The maximum Gasteiger partial charge on any atom is 0.319 e. The fraction of sp³-hybridized carbons (Fsp3) is 0.333. The smallest absolute Gasteiger partial charge is 0.319 e. The lowest BCUT2D eigenvalue weighted by molar-refractivity contribution is 0.246. The number of benzene rings is 1. The number of aryl methyl sites for hydroxylation is 1. The molecule has 1 saturated heterocycles. The Kier molecular flexibility index (Phi) is 5.09. The van der Waals surface area contributed by atoms with Crippen LogP contribution in [0.3, 0.4) is 0 Å². The molecule has 0 aliphatic carbocycles. The van der Waals surface area contributed by atoms with Crippen LogP contribution in [0.2, 0.25) is 0 Å². The van der Waals surface area contributed by atoms with Crippen molar-refractivity contribution >= 4 is 17.5 Å². The molecular weight excluding hydrogens is 358 g/mol. The van der Waals surface area contributed by atoms with E-state index in [2.05, 4.69) is 41.0 Å². The summed E-state index contributed by atoms with van der Waals surface area (Å²) in [5, 5.41) is 17.2. The van der Waals surface area contributed by atoms with Crippen LogP contribution in [0.15, 0.2) is 43.1 Å². The molecule has 10 heteroatoms. The average molecular weight is 379 g/mol. The fourth-order valence-electron chi connectivity index (χ4n) is 3.27. The summed E-state index contributed by atoms with van der Waals surface area (Å²) >= 11 is 0. The first-order valence-electron chi connectivity index (χ1n) is 9.11. The third-order valence-electron chi connectivity index (χ3n) is 4.71. The van der Waals surface area contributed by atoms with E-state index in [1.165, 1.54) is 6.33 Å². The average Bonchev–Trinajstić information content (AvgIpc) is 3.25. The van der Waals surface area contributed by atoms with Crippen molar-refractivity contribution in [3.63, 3.8) is 0 Å². The number of nitrogens with one attached hydrogen (secondary N) is 2. The third kappa shape index (κ3) is 4.05. The highest BCUT2D eigenvalue weighted by atomic mass is 16.2. The first kappa shape index (κ1) is 17.8. The summed E-state index contributed by atoms with van der Waals surface area (Å²) in [6, 6.07) is 5.47. The van der Waals surface area contributed by atoms with E-state index in [4.69, 9.17) is 0 Å². The van der Waals surface area contributed by atoms with Crippen LogP contribution in [-0.2, 0) is 0 Å². The minimum absolute atomic E-state index is 0.0405. The summed E-state index contributed by atoms with van der Waals surface area (Å²) in [5.74, 6) is 0.833. The molecule has 1 aromatic carbocycles. The molecule has 1 fully saturated rings. The maximum absolute atomic E-state index is 12.6. The van der Waals surface area contributed by atoms with Gasteiger partial charge in [-0.05, 0) is 47.9 Å². The SMILES string of the molecule is Cc1ccc(-n2cnnn2)cc1NC(=O)NC1CCCN(c2cnccn2)C1. The Morgan fingerprint density at radius 3 is 3.00 bits per heavy atom. The van der Waals surface area contributed by atoms with Gasteiger partial charge >= 0.3 is 6.03 Å². The Labute approximate surface area is 162 Å². The maximum atomic E-state index is 12.6. The summed E-state index contributed by atoms with van der Waals surface area (Å²) in [5.41, 5.74) is 2.45. The van der Waals surface area contributed by atoms with Crippen molar-refractivity contribution in [1.82, 2.24) is 35.5 Å². The monoisotopic (exact) mass is 379 g/mol. The summed E-state index contributed by atoms with van der Waals surface area (Å²) in [6.45, 7) is 3.55. The van der Waals surface area contributed by atoms with E-state index < -0.39 is 0 Å². The van der Waals surface area contributed by atoms with Crippen LogP contribution in [0.4, 0.5) is 16.3 Å². The number of anilines is 2. The van der Waals surface area contributed by atoms with E-state index in [1.54, 1.807) is 23.3 Å². The number of nitrogens with zero attached hydrogens (tertiary/aromatic N) is 7. The molecule has 0 saturated carbocycles. The van der Waals surface area contributed by atoms with E-state index in [0.29, 0.717) is 12.2 Å². The molecule has 2 amide bonds. The molecule has 0 spiro atoms. The van der Waals surface area contributed by atoms with Crippen LogP contribution in [0, 0.1) is 6.92 Å². The van der Waals surface area contributed by atoms with Gasteiger partial charge in [0.25, 0.3) is 0 Å². The number of tetrazole rings is 1. The lowest BCUT2D eigenvalue weighted by atomic mass is 10.1. The number of hydrogen-bond acceptors (Lipinski definition) is 7. The number of carbonyl (C=O) groups excluding carboxylic acids is 1. The first-order valence-corrected chi connectivity index (χ1v) is 9.11. The Hall–Kier alpha value is -3.56. The standard InChI is InChI=1S/C18H21N9O/c1-13-4-5-15(27-12-21-24-25-27)9-16(13)23-18(28)22-14-3-2-8-26(11-14)17-10-19-6-7-20-17/h4-7,9-10,12,14H,2-3,8,11H2,1H3,(H2,22,23,28). The van der Waals surface area contributed by atoms with Crippen molar-refractivity contribution in [3.8, 4) is 5.69 Å². The Balaban J connectivity index is 1.40. The second kappa shape index (κ2) is 7.99. The van der Waals surface area contributed by atoms with E-state index in [0.717, 1.165) is 36.5 Å². The molecule has 1 atom stereocenters. The van der Waals surface area contributed by atoms with E-state index >= 15 is 0 Å². The second-order valence-electron chi connectivity index (χ2n) is 6.70. The van der Waals surface area contributed by atoms with E-state index in [1.807, 2.05) is 25.1 Å². The largest absolute Gasteiger partial charge is 0.353 e. The number of carbonyl (C=O) groups is 1. The third-order valence-corrected chi connectivity index (χ3v) is 4.71. The zero-order valence-electron chi connectivity index (χ0n) is 15.5. The van der Waals surface area contributed by atoms with E-state index in [9.17, 15) is 4.79 Å². The molecule has 28 heavy (non-hydrogen) atoms. The van der Waals surface area contributed by atoms with Gasteiger partial charge in [0.05, 0.1) is 11.9 Å². The molecule has 2 N–H and O–H groups in total.